The molecule has 0 unspecified atom stereocenters. The molecular weight excluding hydrogens is 347 g/mol. The first kappa shape index (κ1) is 9.41. The van der Waals surface area contributed by atoms with Gasteiger partial charge in [-0.2, -0.15) is 0 Å². The molecule has 0 aromatic heterocycles. The topological polar surface area (TPSA) is 38.7 Å². The van der Waals surface area contributed by atoms with Crippen LogP contribution in [0, 0.1) is 50.0 Å². The number of rotatable bonds is 0. The van der Waals surface area contributed by atoms with Crippen molar-refractivity contribution in [2.45, 2.75) is 18.8 Å². The molecule has 10 heavy (non-hydrogen) atoms. The van der Waals surface area contributed by atoms with E-state index in [1.807, 2.05) is 0 Å². The predicted octanol–water partition coefficient (Wildman–Crippen LogP) is -0.260. The van der Waals surface area contributed by atoms with Gasteiger partial charge in [-0.1, -0.05) is 0 Å². The van der Waals surface area contributed by atoms with Crippen molar-refractivity contribution in [2.24, 2.45) is 5.92 Å². The second kappa shape index (κ2) is 3.82. The van der Waals surface area contributed by atoms with Gasteiger partial charge in [0.05, 0.1) is 19.3 Å². The minimum Gasteiger partial charge on any atom is -0.390 e. The zero-order valence-electron chi connectivity index (χ0n) is 5.69. The SMILES string of the molecule is O[C@@H]1CO[C@@H]2OCC[C@@H]21.[Ac]. The maximum atomic E-state index is 9.19. The summed E-state index contributed by atoms with van der Waals surface area (Å²) < 4.78 is 10.3. The number of fused-ring (bicyclic) bond motifs is 1. The maximum absolute atomic E-state index is 9.19. The smallest absolute Gasteiger partial charge is 0.163 e. The van der Waals surface area contributed by atoms with Crippen LogP contribution in [0.2, 0.25) is 0 Å². The van der Waals surface area contributed by atoms with Crippen LogP contribution in [0.3, 0.4) is 0 Å². The van der Waals surface area contributed by atoms with E-state index < -0.39 is 0 Å². The summed E-state index contributed by atoms with van der Waals surface area (Å²) in [5.41, 5.74) is 0. The third kappa shape index (κ3) is 1.56. The minimum absolute atomic E-state index is 0. The van der Waals surface area contributed by atoms with Crippen LogP contribution in [0.5, 0.6) is 0 Å². The summed E-state index contributed by atoms with van der Waals surface area (Å²) in [4.78, 5) is 0. The van der Waals surface area contributed by atoms with Gasteiger partial charge >= 0.3 is 0 Å². The molecule has 0 aromatic carbocycles. The summed E-state index contributed by atoms with van der Waals surface area (Å²) >= 11 is 0. The van der Waals surface area contributed by atoms with Gasteiger partial charge in [0.2, 0.25) is 0 Å². The summed E-state index contributed by atoms with van der Waals surface area (Å²) in [6.07, 6.45) is 0.573. The molecule has 0 aliphatic carbocycles. The van der Waals surface area contributed by atoms with Crippen LogP contribution in [0.1, 0.15) is 6.42 Å². The van der Waals surface area contributed by atoms with Gasteiger partial charge in [0.15, 0.2) is 6.29 Å². The van der Waals surface area contributed by atoms with Crippen LogP contribution in [0.25, 0.3) is 0 Å². The molecule has 1 N–H and O–H groups in total. The third-order valence-corrected chi connectivity index (χ3v) is 2.01. The Morgan fingerprint density at radius 3 is 2.80 bits per heavy atom. The summed E-state index contributed by atoms with van der Waals surface area (Å²) in [7, 11) is 0. The molecule has 2 fully saturated rings. The van der Waals surface area contributed by atoms with Gasteiger partial charge in [-0.25, -0.2) is 0 Å². The monoisotopic (exact) mass is 357 g/mol. The van der Waals surface area contributed by atoms with E-state index in [9.17, 15) is 5.11 Å². The Kier molecular flexibility index (Phi) is 3.60. The summed E-state index contributed by atoms with van der Waals surface area (Å²) in [6, 6.07) is 0. The van der Waals surface area contributed by atoms with Crippen molar-refractivity contribution in [1.82, 2.24) is 0 Å². The van der Waals surface area contributed by atoms with E-state index in [1.165, 1.54) is 0 Å². The van der Waals surface area contributed by atoms with Crippen LogP contribution < -0.4 is 0 Å². The fourth-order valence-corrected chi connectivity index (χ4v) is 1.44. The standard InChI is InChI=1S/C6H10O3.Ac/c7-5-3-9-6-4(5)1-2-8-6;/h4-7H,1-3H2;/t4-,5-,6+;/m1./s1. The van der Waals surface area contributed by atoms with Crippen molar-refractivity contribution in [1.29, 1.82) is 0 Å². The largest absolute Gasteiger partial charge is 0.390 e. The van der Waals surface area contributed by atoms with Gasteiger partial charge in [-0.05, 0) is 6.42 Å². The maximum Gasteiger partial charge on any atom is 0.163 e. The molecule has 2 rings (SSSR count). The summed E-state index contributed by atoms with van der Waals surface area (Å²) in [6.45, 7) is 1.20. The Morgan fingerprint density at radius 1 is 1.30 bits per heavy atom. The molecule has 2 aliphatic rings. The molecular formula is C6H10AcO3. The normalized spacial score (nSPS) is 44.7. The molecule has 0 amide bonds. The van der Waals surface area contributed by atoms with E-state index in [0.29, 0.717) is 6.61 Å². The van der Waals surface area contributed by atoms with Gasteiger partial charge < -0.3 is 14.6 Å². The van der Waals surface area contributed by atoms with Crippen molar-refractivity contribution < 1.29 is 58.6 Å². The summed E-state index contributed by atoms with van der Waals surface area (Å²) in [5, 5.41) is 9.19. The third-order valence-electron chi connectivity index (χ3n) is 2.01. The van der Waals surface area contributed by atoms with Gasteiger partial charge in [0.1, 0.15) is 0 Å². The van der Waals surface area contributed by atoms with E-state index in [0.717, 1.165) is 13.0 Å². The molecule has 0 saturated carbocycles. The van der Waals surface area contributed by atoms with Crippen LogP contribution in [-0.4, -0.2) is 30.7 Å². The second-order valence-corrected chi connectivity index (χ2v) is 2.59. The number of ether oxygens (including phenoxy) is 2. The Balaban J connectivity index is 0.000000500. The van der Waals surface area contributed by atoms with E-state index in [-0.39, 0.29) is 62.4 Å². The van der Waals surface area contributed by atoms with Crippen molar-refractivity contribution in [3.63, 3.8) is 0 Å². The molecule has 0 aromatic rings. The Morgan fingerprint density at radius 2 is 2.10 bits per heavy atom. The first-order valence-corrected chi connectivity index (χ1v) is 3.29. The summed E-state index contributed by atoms with van der Waals surface area (Å²) in [5.74, 6) is 0.255. The Hall–Kier alpha value is 1.32. The zero-order chi connectivity index (χ0) is 6.27. The van der Waals surface area contributed by atoms with Crippen molar-refractivity contribution >= 4 is 0 Å². The molecule has 55 valence electrons. The van der Waals surface area contributed by atoms with Gasteiger partial charge in [-0.3, -0.25) is 0 Å². The number of aliphatic hydroxyl groups is 1. The quantitative estimate of drug-likeness (QED) is 0.650. The molecule has 3 nitrogen and oxygen atoms in total. The number of hydrogen-bond acceptors (Lipinski definition) is 3. The average Bonchev–Trinajstić information content (AvgIpc) is 2.35. The number of aliphatic hydroxyl groups excluding tert-OH is 1. The van der Waals surface area contributed by atoms with Gasteiger partial charge in [-0.15, -0.1) is 0 Å². The molecule has 0 bridgehead atoms. The fraction of sp³-hybridized carbons (Fsp3) is 1.00. The number of hydrogen-bond donors (Lipinski definition) is 1. The first-order valence-electron chi connectivity index (χ1n) is 3.29. The molecule has 2 heterocycles. The van der Waals surface area contributed by atoms with Crippen molar-refractivity contribution in [3.8, 4) is 0 Å². The van der Waals surface area contributed by atoms with Crippen LogP contribution >= 0.6 is 0 Å². The van der Waals surface area contributed by atoms with Crippen molar-refractivity contribution in [2.75, 3.05) is 13.2 Å². The van der Waals surface area contributed by atoms with E-state index in [2.05, 4.69) is 0 Å². The Labute approximate surface area is 95.6 Å². The molecule has 1 radical (unpaired) electrons. The van der Waals surface area contributed by atoms with Crippen LogP contribution in [-0.2, 0) is 9.47 Å². The second-order valence-electron chi connectivity index (χ2n) is 2.59. The van der Waals surface area contributed by atoms with Crippen molar-refractivity contribution in [3.05, 3.63) is 0 Å². The van der Waals surface area contributed by atoms with Crippen LogP contribution in [0.4, 0.5) is 0 Å². The van der Waals surface area contributed by atoms with E-state index >= 15 is 0 Å². The van der Waals surface area contributed by atoms with Gasteiger partial charge in [0.25, 0.3) is 0 Å². The Bertz CT molecular complexity index is 120. The predicted molar refractivity (Wildman–Crippen MR) is 29.8 cm³/mol. The van der Waals surface area contributed by atoms with E-state index in [4.69, 9.17) is 9.47 Å². The zero-order valence-corrected chi connectivity index (χ0v) is 10.4. The molecule has 2 aliphatic heterocycles. The minimum atomic E-state index is -0.280. The molecule has 0 spiro atoms. The molecule has 4 heteroatoms. The van der Waals surface area contributed by atoms with Crippen LogP contribution in [0.15, 0.2) is 0 Å². The average molecular weight is 357 g/mol. The molecule has 2 saturated heterocycles. The van der Waals surface area contributed by atoms with E-state index in [1.54, 1.807) is 0 Å². The fourth-order valence-electron chi connectivity index (χ4n) is 1.44. The first-order chi connectivity index (χ1) is 4.38. The van der Waals surface area contributed by atoms with Gasteiger partial charge in [0, 0.05) is 50.0 Å². The molecule has 3 atom stereocenters.